The molecule has 5 nitrogen and oxygen atoms in total. The minimum atomic E-state index is -4.63. The zero-order valence-electron chi connectivity index (χ0n) is 13.6. The summed E-state index contributed by atoms with van der Waals surface area (Å²) in [6.07, 6.45) is -3.27. The van der Waals surface area contributed by atoms with Crippen LogP contribution in [0.2, 0.25) is 30.8 Å². The lowest BCUT2D eigenvalue weighted by molar-refractivity contribution is -0.145. The molecule has 2 aromatic rings. The number of hydrogen-bond donors (Lipinski definition) is 0. The Morgan fingerprint density at radius 3 is 2.50 bits per heavy atom. The third-order valence-electron chi connectivity index (χ3n) is 3.12. The maximum Gasteiger partial charge on any atom is 0.453 e. The van der Waals surface area contributed by atoms with Gasteiger partial charge in [0.15, 0.2) is 5.82 Å². The SMILES string of the molecule is C[Si](C)(C)CCOCn1nc(C(F)(F)F)nc1-c1ccc(Cl)nc1. The summed E-state index contributed by atoms with van der Waals surface area (Å²) >= 11 is 5.71. The minimum Gasteiger partial charge on any atom is -0.359 e. The fourth-order valence-electron chi connectivity index (χ4n) is 1.80. The molecule has 132 valence electrons. The predicted octanol–water partition coefficient (Wildman–Crippen LogP) is 4.32. The van der Waals surface area contributed by atoms with Gasteiger partial charge in [0.2, 0.25) is 0 Å². The molecule has 0 aliphatic heterocycles. The van der Waals surface area contributed by atoms with Gasteiger partial charge in [0.25, 0.3) is 5.82 Å². The first-order valence-electron chi connectivity index (χ1n) is 7.28. The van der Waals surface area contributed by atoms with Crippen molar-refractivity contribution in [3.8, 4) is 11.4 Å². The molecule has 24 heavy (non-hydrogen) atoms. The highest BCUT2D eigenvalue weighted by molar-refractivity contribution is 6.76. The molecule has 0 N–H and O–H groups in total. The molecule has 0 saturated carbocycles. The predicted molar refractivity (Wildman–Crippen MR) is 87.4 cm³/mol. The molecule has 0 radical (unpaired) electrons. The fourth-order valence-corrected chi connectivity index (χ4v) is 2.67. The van der Waals surface area contributed by atoms with Crippen molar-refractivity contribution in [2.75, 3.05) is 6.61 Å². The number of alkyl halides is 3. The summed E-state index contributed by atoms with van der Waals surface area (Å²) in [5.74, 6) is -1.17. The fraction of sp³-hybridized carbons (Fsp3) is 0.500. The van der Waals surface area contributed by atoms with Gasteiger partial charge < -0.3 is 4.74 Å². The van der Waals surface area contributed by atoms with E-state index in [0.29, 0.717) is 12.2 Å². The van der Waals surface area contributed by atoms with Gasteiger partial charge in [-0.3, -0.25) is 0 Å². The molecule has 0 saturated heterocycles. The average molecular weight is 379 g/mol. The van der Waals surface area contributed by atoms with Crippen LogP contribution in [0.25, 0.3) is 11.4 Å². The summed E-state index contributed by atoms with van der Waals surface area (Å²) in [6, 6.07) is 3.93. The zero-order valence-corrected chi connectivity index (χ0v) is 15.3. The molecule has 0 aliphatic carbocycles. The Hall–Kier alpha value is -1.45. The lowest BCUT2D eigenvalue weighted by atomic mass is 10.3. The van der Waals surface area contributed by atoms with Crippen LogP contribution in [0, 0.1) is 0 Å². The molecular formula is C14H18ClF3N4OSi. The minimum absolute atomic E-state index is 0.0412. The lowest BCUT2D eigenvalue weighted by Gasteiger charge is -2.15. The van der Waals surface area contributed by atoms with Crippen LogP contribution in [-0.4, -0.2) is 34.4 Å². The summed E-state index contributed by atoms with van der Waals surface area (Å²) in [7, 11) is -1.28. The Morgan fingerprint density at radius 1 is 1.25 bits per heavy atom. The third kappa shape index (κ3) is 5.28. The van der Waals surface area contributed by atoms with Crippen molar-refractivity contribution in [1.82, 2.24) is 19.7 Å². The second-order valence-electron chi connectivity index (χ2n) is 6.47. The first kappa shape index (κ1) is 18.9. The van der Waals surface area contributed by atoms with Crippen molar-refractivity contribution in [1.29, 1.82) is 0 Å². The van der Waals surface area contributed by atoms with Gasteiger partial charge in [0.1, 0.15) is 11.9 Å². The zero-order chi connectivity index (χ0) is 18.0. The van der Waals surface area contributed by atoms with Crippen molar-refractivity contribution in [2.24, 2.45) is 0 Å². The van der Waals surface area contributed by atoms with Crippen molar-refractivity contribution < 1.29 is 17.9 Å². The summed E-state index contributed by atoms with van der Waals surface area (Å²) in [5.41, 5.74) is 0.385. The number of pyridine rings is 1. The van der Waals surface area contributed by atoms with E-state index < -0.39 is 20.1 Å². The molecule has 2 rings (SSSR count). The second kappa shape index (κ2) is 7.20. The number of ether oxygens (including phenoxy) is 1. The van der Waals surface area contributed by atoms with E-state index in [1.807, 2.05) is 0 Å². The van der Waals surface area contributed by atoms with Gasteiger partial charge in [-0.15, -0.1) is 5.10 Å². The van der Waals surface area contributed by atoms with E-state index in [9.17, 15) is 13.2 Å². The smallest absolute Gasteiger partial charge is 0.359 e. The van der Waals surface area contributed by atoms with E-state index >= 15 is 0 Å². The van der Waals surface area contributed by atoms with Crippen LogP contribution in [-0.2, 0) is 17.6 Å². The van der Waals surface area contributed by atoms with E-state index in [4.69, 9.17) is 16.3 Å². The highest BCUT2D eigenvalue weighted by Gasteiger charge is 2.37. The molecule has 0 aliphatic rings. The van der Waals surface area contributed by atoms with Crippen LogP contribution < -0.4 is 0 Å². The quantitative estimate of drug-likeness (QED) is 0.426. The van der Waals surface area contributed by atoms with E-state index in [1.165, 1.54) is 18.3 Å². The molecule has 0 aromatic carbocycles. The Kier molecular flexibility index (Phi) is 5.66. The van der Waals surface area contributed by atoms with E-state index in [2.05, 4.69) is 34.7 Å². The first-order valence-corrected chi connectivity index (χ1v) is 11.4. The normalized spacial score (nSPS) is 12.6. The van der Waals surface area contributed by atoms with Crippen molar-refractivity contribution in [3.05, 3.63) is 29.3 Å². The number of nitrogens with zero attached hydrogens (tertiary/aromatic N) is 4. The number of hydrogen-bond acceptors (Lipinski definition) is 4. The highest BCUT2D eigenvalue weighted by Crippen LogP contribution is 2.29. The number of halogens is 4. The van der Waals surface area contributed by atoms with Crippen LogP contribution in [0.1, 0.15) is 5.82 Å². The van der Waals surface area contributed by atoms with E-state index in [1.54, 1.807) is 0 Å². The molecule has 0 spiro atoms. The molecule has 10 heteroatoms. The summed E-state index contributed by atoms with van der Waals surface area (Å²) in [4.78, 5) is 7.45. The van der Waals surface area contributed by atoms with E-state index in [-0.39, 0.29) is 17.7 Å². The lowest BCUT2D eigenvalue weighted by Crippen LogP contribution is -2.22. The van der Waals surface area contributed by atoms with Gasteiger partial charge in [0.05, 0.1) is 0 Å². The highest BCUT2D eigenvalue weighted by atomic mass is 35.5. The Morgan fingerprint density at radius 2 is 1.96 bits per heavy atom. The molecular weight excluding hydrogens is 361 g/mol. The van der Waals surface area contributed by atoms with Crippen molar-refractivity contribution in [3.63, 3.8) is 0 Å². The molecule has 2 heterocycles. The van der Waals surface area contributed by atoms with Gasteiger partial charge in [-0.25, -0.2) is 14.6 Å². The largest absolute Gasteiger partial charge is 0.453 e. The van der Waals surface area contributed by atoms with Crippen molar-refractivity contribution >= 4 is 19.7 Å². The van der Waals surface area contributed by atoms with Gasteiger partial charge >= 0.3 is 6.18 Å². The Balaban J connectivity index is 2.21. The van der Waals surface area contributed by atoms with Gasteiger partial charge in [-0.2, -0.15) is 13.2 Å². The van der Waals surface area contributed by atoms with Crippen LogP contribution in [0.5, 0.6) is 0 Å². The molecule has 0 unspecified atom stereocenters. The van der Waals surface area contributed by atoms with Crippen LogP contribution in [0.4, 0.5) is 13.2 Å². The summed E-state index contributed by atoms with van der Waals surface area (Å²) in [6.45, 7) is 6.94. The summed E-state index contributed by atoms with van der Waals surface area (Å²) < 4.78 is 45.3. The average Bonchev–Trinajstić information content (AvgIpc) is 2.88. The maximum absolute atomic E-state index is 12.9. The molecule has 0 amide bonds. The number of rotatable bonds is 6. The first-order chi connectivity index (χ1) is 11.1. The third-order valence-corrected chi connectivity index (χ3v) is 5.05. The molecule has 0 atom stereocenters. The van der Waals surface area contributed by atoms with E-state index in [0.717, 1.165) is 10.7 Å². The second-order valence-corrected chi connectivity index (χ2v) is 12.5. The van der Waals surface area contributed by atoms with Crippen LogP contribution >= 0.6 is 11.6 Å². The van der Waals surface area contributed by atoms with Gasteiger partial charge in [0, 0.05) is 26.4 Å². The molecule has 2 aromatic heterocycles. The van der Waals surface area contributed by atoms with Crippen LogP contribution in [0.3, 0.4) is 0 Å². The monoisotopic (exact) mass is 378 g/mol. The Labute approximate surface area is 143 Å². The summed E-state index contributed by atoms with van der Waals surface area (Å²) in [5, 5.41) is 3.76. The molecule has 0 fully saturated rings. The standard InChI is InChI=1S/C14H18ClF3N4OSi/c1-24(2,3)7-6-23-9-22-12(10-4-5-11(15)19-8-10)20-13(21-22)14(16,17)18/h4-5,8H,6-7,9H2,1-3H3. The van der Waals surface area contributed by atoms with Gasteiger partial charge in [-0.1, -0.05) is 31.2 Å². The van der Waals surface area contributed by atoms with Gasteiger partial charge in [-0.05, 0) is 18.2 Å². The molecule has 0 bridgehead atoms. The topological polar surface area (TPSA) is 52.8 Å². The Bertz CT molecular complexity index is 683. The number of aromatic nitrogens is 4. The van der Waals surface area contributed by atoms with Crippen molar-refractivity contribution in [2.45, 2.75) is 38.6 Å². The van der Waals surface area contributed by atoms with Crippen LogP contribution in [0.15, 0.2) is 18.3 Å². The maximum atomic E-state index is 12.9.